The molecule has 1 atom stereocenters. The van der Waals surface area contributed by atoms with Gasteiger partial charge in [-0.15, -0.1) is 11.3 Å². The number of aliphatic hydroxyl groups is 1. The van der Waals surface area contributed by atoms with Crippen LogP contribution in [-0.4, -0.2) is 59.7 Å². The Bertz CT molecular complexity index is 463. The van der Waals surface area contributed by atoms with Gasteiger partial charge in [0.2, 0.25) is 0 Å². The average Bonchev–Trinajstić information content (AvgIpc) is 2.76. The molecule has 0 radical (unpaired) electrons. The van der Waals surface area contributed by atoms with Gasteiger partial charge in [0.25, 0.3) is 5.91 Å². The number of nitrogens with zero attached hydrogens (tertiary/aromatic N) is 3. The van der Waals surface area contributed by atoms with Crippen LogP contribution < -0.4 is 10.6 Å². The molecular weight excluding hydrogens is 276 g/mol. The van der Waals surface area contributed by atoms with Crippen molar-refractivity contribution in [2.24, 2.45) is 11.7 Å². The first-order valence-corrected chi connectivity index (χ1v) is 7.74. The summed E-state index contributed by atoms with van der Waals surface area (Å²) in [6.45, 7) is 8.25. The molecule has 112 valence electrons. The lowest BCUT2D eigenvalue weighted by Gasteiger charge is -2.22. The summed E-state index contributed by atoms with van der Waals surface area (Å²) < 4.78 is 0. The third kappa shape index (κ3) is 3.91. The van der Waals surface area contributed by atoms with Crippen molar-refractivity contribution in [3.05, 3.63) is 11.1 Å². The Hall–Kier alpha value is -1.18. The van der Waals surface area contributed by atoms with Crippen LogP contribution in [0.3, 0.4) is 0 Å². The van der Waals surface area contributed by atoms with E-state index in [9.17, 15) is 9.90 Å². The van der Waals surface area contributed by atoms with E-state index in [1.807, 2.05) is 4.90 Å². The van der Waals surface area contributed by atoms with E-state index >= 15 is 0 Å². The molecule has 0 aliphatic carbocycles. The maximum Gasteiger partial charge on any atom is 0.268 e. The molecule has 0 saturated carbocycles. The molecular formula is C13H22N4O2S. The SMILES string of the molecule is CC(C)CN1CCN(c2nc(C(N)=O)cs2)CC(O)C1. The van der Waals surface area contributed by atoms with Gasteiger partial charge in [0.1, 0.15) is 5.69 Å². The molecule has 2 rings (SSSR count). The third-order valence-electron chi connectivity index (χ3n) is 3.22. The van der Waals surface area contributed by atoms with Gasteiger partial charge in [-0.25, -0.2) is 4.98 Å². The summed E-state index contributed by atoms with van der Waals surface area (Å²) >= 11 is 1.40. The van der Waals surface area contributed by atoms with Crippen LogP contribution in [0.1, 0.15) is 24.3 Å². The molecule has 6 nitrogen and oxygen atoms in total. The Morgan fingerprint density at radius 1 is 1.55 bits per heavy atom. The highest BCUT2D eigenvalue weighted by molar-refractivity contribution is 7.13. The number of hydrogen-bond donors (Lipinski definition) is 2. The van der Waals surface area contributed by atoms with Crippen LogP contribution in [0, 0.1) is 5.92 Å². The van der Waals surface area contributed by atoms with Gasteiger partial charge >= 0.3 is 0 Å². The van der Waals surface area contributed by atoms with Crippen LogP contribution in [0.4, 0.5) is 5.13 Å². The Morgan fingerprint density at radius 3 is 2.90 bits per heavy atom. The number of amides is 1. The minimum atomic E-state index is -0.510. The number of carbonyl (C=O) groups excluding carboxylic acids is 1. The van der Waals surface area contributed by atoms with Crippen molar-refractivity contribution in [2.75, 3.05) is 37.6 Å². The molecule has 20 heavy (non-hydrogen) atoms. The van der Waals surface area contributed by atoms with Gasteiger partial charge in [0.05, 0.1) is 6.10 Å². The number of rotatable bonds is 4. The molecule has 1 fully saturated rings. The zero-order valence-corrected chi connectivity index (χ0v) is 12.8. The lowest BCUT2D eigenvalue weighted by molar-refractivity contribution is 0.0996. The lowest BCUT2D eigenvalue weighted by atomic mass is 10.2. The van der Waals surface area contributed by atoms with Gasteiger partial charge in [0, 0.05) is 38.1 Å². The van der Waals surface area contributed by atoms with Crippen LogP contribution >= 0.6 is 11.3 Å². The van der Waals surface area contributed by atoms with Crippen LogP contribution in [0.5, 0.6) is 0 Å². The van der Waals surface area contributed by atoms with Gasteiger partial charge in [-0.1, -0.05) is 13.8 Å². The molecule has 7 heteroatoms. The van der Waals surface area contributed by atoms with E-state index in [1.54, 1.807) is 5.38 Å². The minimum absolute atomic E-state index is 0.294. The highest BCUT2D eigenvalue weighted by atomic mass is 32.1. The number of carbonyl (C=O) groups is 1. The minimum Gasteiger partial charge on any atom is -0.390 e. The molecule has 0 bridgehead atoms. The first kappa shape index (κ1) is 15.2. The van der Waals surface area contributed by atoms with Gasteiger partial charge < -0.3 is 15.7 Å². The number of primary amides is 1. The number of β-amino-alcohol motifs (C(OH)–C–C–N with tert-alkyl or cyclic N) is 1. The van der Waals surface area contributed by atoms with Crippen molar-refractivity contribution in [3.63, 3.8) is 0 Å². The number of aromatic nitrogens is 1. The normalized spacial score (nSPS) is 21.2. The summed E-state index contributed by atoms with van der Waals surface area (Å²) in [5.74, 6) is 0.0689. The van der Waals surface area contributed by atoms with Gasteiger partial charge in [-0.3, -0.25) is 9.69 Å². The summed E-state index contributed by atoms with van der Waals surface area (Å²) in [4.78, 5) is 19.6. The standard InChI is InChI=1S/C13H22N4O2S/c1-9(2)5-16-3-4-17(7-10(18)6-16)13-15-11(8-20-13)12(14)19/h8-10,18H,3-7H2,1-2H3,(H2,14,19). The van der Waals surface area contributed by atoms with Gasteiger partial charge in [0.15, 0.2) is 5.13 Å². The second-order valence-electron chi connectivity index (χ2n) is 5.63. The van der Waals surface area contributed by atoms with E-state index in [-0.39, 0.29) is 0 Å². The smallest absolute Gasteiger partial charge is 0.268 e. The predicted octanol–water partition coefficient (Wildman–Crippen LogP) is 0.381. The van der Waals surface area contributed by atoms with Crippen molar-refractivity contribution in [1.82, 2.24) is 9.88 Å². The first-order valence-electron chi connectivity index (χ1n) is 6.86. The summed E-state index contributed by atoms with van der Waals surface area (Å²) in [5.41, 5.74) is 5.51. The fraction of sp³-hybridized carbons (Fsp3) is 0.692. The molecule has 0 spiro atoms. The number of aliphatic hydroxyl groups excluding tert-OH is 1. The Balaban J connectivity index is 2.04. The van der Waals surface area contributed by atoms with E-state index in [2.05, 4.69) is 23.7 Å². The van der Waals surface area contributed by atoms with Crippen LogP contribution in [0.15, 0.2) is 5.38 Å². The quantitative estimate of drug-likeness (QED) is 0.840. The van der Waals surface area contributed by atoms with E-state index in [1.165, 1.54) is 11.3 Å². The average molecular weight is 298 g/mol. The van der Waals surface area contributed by atoms with E-state index in [0.29, 0.717) is 24.7 Å². The van der Waals surface area contributed by atoms with Crippen LogP contribution in [-0.2, 0) is 0 Å². The largest absolute Gasteiger partial charge is 0.390 e. The second kappa shape index (κ2) is 6.51. The molecule has 3 N–H and O–H groups in total. The molecule has 1 aliphatic heterocycles. The van der Waals surface area contributed by atoms with Crippen LogP contribution in [0.25, 0.3) is 0 Å². The fourth-order valence-corrected chi connectivity index (χ4v) is 3.29. The molecule has 0 aromatic carbocycles. The molecule has 1 saturated heterocycles. The Morgan fingerprint density at radius 2 is 2.30 bits per heavy atom. The number of anilines is 1. The van der Waals surface area contributed by atoms with Crippen molar-refractivity contribution in [3.8, 4) is 0 Å². The van der Waals surface area contributed by atoms with Crippen LogP contribution in [0.2, 0.25) is 0 Å². The monoisotopic (exact) mass is 298 g/mol. The Kier molecular flexibility index (Phi) is 4.95. The predicted molar refractivity (Wildman–Crippen MR) is 80.1 cm³/mol. The van der Waals surface area contributed by atoms with E-state index in [4.69, 9.17) is 5.73 Å². The van der Waals surface area contributed by atoms with Gasteiger partial charge in [-0.05, 0) is 5.92 Å². The maximum atomic E-state index is 11.1. The number of thiazole rings is 1. The topological polar surface area (TPSA) is 82.7 Å². The summed E-state index contributed by atoms with van der Waals surface area (Å²) in [5, 5.41) is 12.5. The van der Waals surface area contributed by atoms with Crippen molar-refractivity contribution in [1.29, 1.82) is 0 Å². The molecule has 1 aromatic heterocycles. The van der Waals surface area contributed by atoms with Crippen molar-refractivity contribution >= 4 is 22.4 Å². The maximum absolute atomic E-state index is 11.1. The molecule has 1 aliphatic rings. The Labute approximate surface area is 123 Å². The number of hydrogen-bond acceptors (Lipinski definition) is 6. The van der Waals surface area contributed by atoms with Crippen molar-refractivity contribution < 1.29 is 9.90 Å². The van der Waals surface area contributed by atoms with E-state index < -0.39 is 12.0 Å². The molecule has 1 amide bonds. The summed E-state index contributed by atoms with van der Waals surface area (Å²) in [6.07, 6.45) is -0.405. The van der Waals surface area contributed by atoms with Crippen molar-refractivity contribution in [2.45, 2.75) is 20.0 Å². The van der Waals surface area contributed by atoms with Gasteiger partial charge in [-0.2, -0.15) is 0 Å². The summed E-state index contributed by atoms with van der Waals surface area (Å²) in [6, 6.07) is 0. The summed E-state index contributed by atoms with van der Waals surface area (Å²) in [7, 11) is 0. The highest BCUT2D eigenvalue weighted by Crippen LogP contribution is 2.22. The highest BCUT2D eigenvalue weighted by Gasteiger charge is 2.23. The third-order valence-corrected chi connectivity index (χ3v) is 4.13. The second-order valence-corrected chi connectivity index (χ2v) is 6.47. The zero-order valence-electron chi connectivity index (χ0n) is 12.0. The van der Waals surface area contributed by atoms with E-state index in [0.717, 1.165) is 24.8 Å². The molecule has 2 heterocycles. The zero-order chi connectivity index (χ0) is 14.7. The lowest BCUT2D eigenvalue weighted by Crippen LogP contribution is -2.35. The fourth-order valence-electron chi connectivity index (χ4n) is 2.43. The first-order chi connectivity index (χ1) is 9.45. The molecule has 1 unspecified atom stereocenters. The molecule has 1 aromatic rings. The number of nitrogens with two attached hydrogens (primary N) is 1.